The zero-order chi connectivity index (χ0) is 14.5. The Labute approximate surface area is 127 Å². The molecule has 1 aliphatic carbocycles. The maximum absolute atomic E-state index is 11.1. The standard InChI is InChI=1S/C14H18ClNO3S/c1-8(2)16-6-14(7-16)4-9(5-14)19-10-3-11(15)20-12(10)13(17)18/h3,8-9H,4-7H2,1-2H3,(H,17,18). The maximum Gasteiger partial charge on any atom is 0.349 e. The number of carboxylic acid groups (broad SMARTS) is 1. The summed E-state index contributed by atoms with van der Waals surface area (Å²) in [5.41, 5.74) is 0.415. The molecule has 4 nitrogen and oxygen atoms in total. The van der Waals surface area contributed by atoms with Crippen LogP contribution in [0.15, 0.2) is 6.07 Å². The summed E-state index contributed by atoms with van der Waals surface area (Å²) < 4.78 is 6.28. The zero-order valence-electron chi connectivity index (χ0n) is 11.6. The van der Waals surface area contributed by atoms with Crippen LogP contribution in [0.1, 0.15) is 36.4 Å². The molecule has 20 heavy (non-hydrogen) atoms. The number of likely N-dealkylation sites (tertiary alicyclic amines) is 1. The number of hydrogen-bond donors (Lipinski definition) is 1. The lowest BCUT2D eigenvalue weighted by Gasteiger charge is -2.59. The molecular weight excluding hydrogens is 298 g/mol. The topological polar surface area (TPSA) is 49.8 Å². The molecule has 2 aliphatic rings. The van der Waals surface area contributed by atoms with Crippen LogP contribution >= 0.6 is 22.9 Å². The van der Waals surface area contributed by atoms with Crippen LogP contribution in [0.4, 0.5) is 0 Å². The number of aromatic carboxylic acids is 1. The second-order valence-electron chi connectivity index (χ2n) is 6.20. The largest absolute Gasteiger partial charge is 0.489 e. The molecule has 1 spiro atoms. The van der Waals surface area contributed by atoms with E-state index in [1.54, 1.807) is 6.07 Å². The van der Waals surface area contributed by atoms with Gasteiger partial charge in [0.15, 0.2) is 4.88 Å². The highest BCUT2D eigenvalue weighted by Gasteiger charge is 2.53. The predicted molar refractivity (Wildman–Crippen MR) is 79.1 cm³/mol. The lowest BCUT2D eigenvalue weighted by atomic mass is 9.61. The van der Waals surface area contributed by atoms with E-state index in [-0.39, 0.29) is 11.0 Å². The quantitative estimate of drug-likeness (QED) is 0.925. The Hall–Kier alpha value is -0.780. The smallest absolute Gasteiger partial charge is 0.349 e. The van der Waals surface area contributed by atoms with Crippen LogP contribution in [0.2, 0.25) is 4.34 Å². The minimum Gasteiger partial charge on any atom is -0.489 e. The molecule has 110 valence electrons. The van der Waals surface area contributed by atoms with E-state index in [1.807, 2.05) is 0 Å². The highest BCUT2D eigenvalue weighted by Crippen LogP contribution is 2.50. The molecule has 0 atom stereocenters. The molecular formula is C14H18ClNO3S. The predicted octanol–water partition coefficient (Wildman–Crippen LogP) is 3.35. The molecule has 0 unspecified atom stereocenters. The van der Waals surface area contributed by atoms with E-state index in [2.05, 4.69) is 18.7 Å². The molecule has 1 aromatic heterocycles. The van der Waals surface area contributed by atoms with Gasteiger partial charge in [-0.25, -0.2) is 4.79 Å². The first-order valence-electron chi connectivity index (χ1n) is 6.82. The number of rotatable bonds is 4. The lowest BCUT2D eigenvalue weighted by Crippen LogP contribution is -2.66. The number of thiophene rings is 1. The van der Waals surface area contributed by atoms with Crippen molar-refractivity contribution < 1.29 is 14.6 Å². The molecule has 0 aromatic carbocycles. The van der Waals surface area contributed by atoms with Gasteiger partial charge in [0.2, 0.25) is 0 Å². The second-order valence-corrected chi connectivity index (χ2v) is 7.88. The normalized spacial score (nSPS) is 21.8. The van der Waals surface area contributed by atoms with Crippen molar-refractivity contribution in [1.29, 1.82) is 0 Å². The van der Waals surface area contributed by atoms with Crippen molar-refractivity contribution in [2.24, 2.45) is 5.41 Å². The molecule has 0 amide bonds. The Balaban J connectivity index is 1.56. The minimum absolute atomic E-state index is 0.132. The van der Waals surface area contributed by atoms with Crippen LogP contribution in [0.25, 0.3) is 0 Å². The highest BCUT2D eigenvalue weighted by atomic mass is 35.5. The van der Waals surface area contributed by atoms with Crippen molar-refractivity contribution in [3.8, 4) is 5.75 Å². The molecule has 3 rings (SSSR count). The van der Waals surface area contributed by atoms with Gasteiger partial charge in [0.1, 0.15) is 11.9 Å². The summed E-state index contributed by atoms with van der Waals surface area (Å²) in [7, 11) is 0. The number of nitrogens with zero attached hydrogens (tertiary/aromatic N) is 1. The lowest BCUT2D eigenvalue weighted by molar-refractivity contribution is -0.129. The summed E-state index contributed by atoms with van der Waals surface area (Å²) in [4.78, 5) is 13.8. The van der Waals surface area contributed by atoms with Gasteiger partial charge in [-0.05, 0) is 26.7 Å². The Kier molecular flexibility index (Phi) is 3.47. The fraction of sp³-hybridized carbons (Fsp3) is 0.643. The van der Waals surface area contributed by atoms with Gasteiger partial charge >= 0.3 is 5.97 Å². The molecule has 1 saturated heterocycles. The van der Waals surface area contributed by atoms with Gasteiger partial charge in [-0.2, -0.15) is 0 Å². The molecule has 0 bridgehead atoms. The number of ether oxygens (including phenoxy) is 1. The van der Waals surface area contributed by atoms with Crippen LogP contribution < -0.4 is 4.74 Å². The fourth-order valence-corrected chi connectivity index (χ4v) is 4.18. The third kappa shape index (κ3) is 2.43. The zero-order valence-corrected chi connectivity index (χ0v) is 13.1. The molecule has 1 saturated carbocycles. The van der Waals surface area contributed by atoms with E-state index in [1.165, 1.54) is 0 Å². The Morgan fingerprint density at radius 3 is 2.75 bits per heavy atom. The van der Waals surface area contributed by atoms with Gasteiger partial charge in [-0.3, -0.25) is 4.90 Å². The van der Waals surface area contributed by atoms with E-state index < -0.39 is 5.97 Å². The summed E-state index contributed by atoms with van der Waals surface area (Å²) in [5.74, 6) is -0.548. The number of hydrogen-bond acceptors (Lipinski definition) is 4. The van der Waals surface area contributed by atoms with Gasteiger partial charge in [0.25, 0.3) is 0 Å². The summed E-state index contributed by atoms with van der Waals surface area (Å²) >= 11 is 6.93. The highest BCUT2D eigenvalue weighted by molar-refractivity contribution is 7.18. The molecule has 2 heterocycles. The Morgan fingerprint density at radius 1 is 1.55 bits per heavy atom. The van der Waals surface area contributed by atoms with Crippen LogP contribution in [0.5, 0.6) is 5.75 Å². The summed E-state index contributed by atoms with van der Waals surface area (Å²) in [6.07, 6.45) is 2.17. The van der Waals surface area contributed by atoms with E-state index in [0.29, 0.717) is 21.5 Å². The monoisotopic (exact) mass is 315 g/mol. The van der Waals surface area contributed by atoms with Gasteiger partial charge < -0.3 is 9.84 Å². The van der Waals surface area contributed by atoms with Crippen molar-refractivity contribution in [1.82, 2.24) is 4.90 Å². The van der Waals surface area contributed by atoms with Crippen LogP contribution in [0.3, 0.4) is 0 Å². The Morgan fingerprint density at radius 2 is 2.20 bits per heavy atom. The number of halogens is 1. The van der Waals surface area contributed by atoms with Gasteiger partial charge in [-0.15, -0.1) is 11.3 Å². The average molecular weight is 316 g/mol. The molecule has 1 aromatic rings. The van der Waals surface area contributed by atoms with Crippen LogP contribution in [-0.2, 0) is 0 Å². The third-order valence-electron chi connectivity index (χ3n) is 4.28. The van der Waals surface area contributed by atoms with Crippen LogP contribution in [0, 0.1) is 5.41 Å². The van der Waals surface area contributed by atoms with Crippen molar-refractivity contribution in [3.63, 3.8) is 0 Å². The van der Waals surface area contributed by atoms with Gasteiger partial charge in [-0.1, -0.05) is 11.6 Å². The number of carboxylic acids is 1. The first-order valence-corrected chi connectivity index (χ1v) is 8.01. The van der Waals surface area contributed by atoms with Crippen molar-refractivity contribution in [2.45, 2.75) is 38.8 Å². The first kappa shape index (κ1) is 14.2. The number of carbonyl (C=O) groups is 1. The van der Waals surface area contributed by atoms with Gasteiger partial charge in [0.05, 0.1) is 4.34 Å². The molecule has 1 N–H and O–H groups in total. The molecule has 1 aliphatic heterocycles. The van der Waals surface area contributed by atoms with E-state index in [4.69, 9.17) is 21.4 Å². The average Bonchev–Trinajstić information content (AvgIpc) is 2.60. The van der Waals surface area contributed by atoms with Gasteiger partial charge in [0, 0.05) is 30.6 Å². The fourth-order valence-electron chi connectivity index (χ4n) is 3.19. The summed E-state index contributed by atoms with van der Waals surface area (Å²) in [5, 5.41) is 9.10. The van der Waals surface area contributed by atoms with E-state index >= 15 is 0 Å². The second kappa shape index (κ2) is 4.90. The summed E-state index contributed by atoms with van der Waals surface area (Å²) in [6.45, 7) is 6.71. The Bertz CT molecular complexity index is 529. The molecule has 6 heteroatoms. The SMILES string of the molecule is CC(C)N1CC2(CC(Oc3cc(Cl)sc3C(=O)O)C2)C1. The van der Waals surface area contributed by atoms with Crippen molar-refractivity contribution in [2.75, 3.05) is 13.1 Å². The molecule has 2 fully saturated rings. The summed E-state index contributed by atoms with van der Waals surface area (Å²) in [6, 6.07) is 2.22. The third-order valence-corrected chi connectivity index (χ3v) is 5.52. The van der Waals surface area contributed by atoms with Crippen molar-refractivity contribution >= 4 is 28.9 Å². The van der Waals surface area contributed by atoms with Crippen molar-refractivity contribution in [3.05, 3.63) is 15.3 Å². The minimum atomic E-state index is -0.972. The van der Waals surface area contributed by atoms with Crippen LogP contribution in [-0.4, -0.2) is 41.2 Å². The first-order chi connectivity index (χ1) is 9.38. The molecule has 0 radical (unpaired) electrons. The maximum atomic E-state index is 11.1. The van der Waals surface area contributed by atoms with E-state index in [9.17, 15) is 4.79 Å². The van der Waals surface area contributed by atoms with E-state index in [0.717, 1.165) is 37.3 Å².